The van der Waals surface area contributed by atoms with Crippen molar-refractivity contribution in [2.75, 3.05) is 13.2 Å². The molecule has 0 spiro atoms. The van der Waals surface area contributed by atoms with E-state index in [0.717, 1.165) is 29.7 Å². The molecule has 2 N–H and O–H groups in total. The first kappa shape index (κ1) is 20.8. The number of benzene rings is 2. The van der Waals surface area contributed by atoms with Gasteiger partial charge in [-0.15, -0.1) is 0 Å². The fourth-order valence-electron chi connectivity index (χ4n) is 3.52. The summed E-state index contributed by atoms with van der Waals surface area (Å²) in [4.78, 5) is 0.307. The third-order valence-electron chi connectivity index (χ3n) is 5.09. The number of nitrogens with one attached hydrogen (secondary N) is 1. The molecular weight excluding hydrogens is 374 g/mol. The van der Waals surface area contributed by atoms with Gasteiger partial charge in [0.25, 0.3) is 0 Å². The molecule has 0 radical (unpaired) electrons. The minimum Gasteiger partial charge on any atom is -0.493 e. The lowest BCUT2D eigenvalue weighted by Crippen LogP contribution is -2.44. The van der Waals surface area contributed by atoms with Crippen molar-refractivity contribution >= 4 is 9.84 Å². The third kappa shape index (κ3) is 4.93. The summed E-state index contributed by atoms with van der Waals surface area (Å²) >= 11 is 0. The lowest BCUT2D eigenvalue weighted by molar-refractivity contribution is 0.159. The number of aryl methyl sites for hydroxylation is 1. The zero-order valence-corrected chi connectivity index (χ0v) is 17.3. The fourth-order valence-corrected chi connectivity index (χ4v) is 5.41. The number of ether oxygens (including phenoxy) is 1. The van der Waals surface area contributed by atoms with Crippen molar-refractivity contribution in [3.63, 3.8) is 0 Å². The molecule has 2 aromatic rings. The highest BCUT2D eigenvalue weighted by Crippen LogP contribution is 2.29. The molecule has 5 nitrogen and oxygen atoms in total. The first-order chi connectivity index (χ1) is 13.4. The minimum absolute atomic E-state index is 0.129. The number of sulfone groups is 1. The number of aliphatic hydroxyl groups is 1. The second-order valence-electron chi connectivity index (χ2n) is 7.66. The highest BCUT2D eigenvalue weighted by atomic mass is 32.2. The quantitative estimate of drug-likeness (QED) is 0.673. The van der Waals surface area contributed by atoms with Crippen molar-refractivity contribution in [1.29, 1.82) is 0 Å². The number of aliphatic hydroxyl groups excluding tert-OH is 1. The topological polar surface area (TPSA) is 75.6 Å². The molecule has 0 fully saturated rings. The molecule has 0 unspecified atom stereocenters. The monoisotopic (exact) mass is 403 g/mol. The van der Waals surface area contributed by atoms with Crippen LogP contribution in [0.15, 0.2) is 53.4 Å². The lowest BCUT2D eigenvalue weighted by Gasteiger charge is -2.24. The summed E-state index contributed by atoms with van der Waals surface area (Å²) in [6.07, 6.45) is 1.47. The predicted octanol–water partition coefficient (Wildman–Crippen LogP) is 2.96. The molecular formula is C22H29NO4S. The maximum atomic E-state index is 13.2. The summed E-state index contributed by atoms with van der Waals surface area (Å²) in [7, 11) is -3.56. The van der Waals surface area contributed by atoms with Gasteiger partial charge in [-0.25, -0.2) is 8.42 Å². The van der Waals surface area contributed by atoms with Crippen LogP contribution in [0.3, 0.4) is 0 Å². The minimum atomic E-state index is -3.56. The van der Waals surface area contributed by atoms with Crippen molar-refractivity contribution in [2.45, 2.75) is 49.5 Å². The lowest BCUT2D eigenvalue weighted by atomic mass is 10.1. The molecule has 1 aliphatic heterocycles. The van der Waals surface area contributed by atoms with E-state index in [-0.39, 0.29) is 12.5 Å². The summed E-state index contributed by atoms with van der Waals surface area (Å²) in [5.41, 5.74) is 2.10. The third-order valence-corrected chi connectivity index (χ3v) is 7.38. The average molecular weight is 404 g/mol. The molecule has 1 aliphatic rings. The standard InChI is InChI=1S/C22H29NO4S/c1-16(2)22(23-15-19(24)9-8-17-6-4-3-5-7-17)28(25,26)20-10-11-21-18(14-20)12-13-27-21/h3-7,10-11,14,16,19,22-24H,8-9,12-13,15H2,1-2H3/t19-,22+/m1/s1. The van der Waals surface area contributed by atoms with Crippen molar-refractivity contribution in [3.8, 4) is 5.75 Å². The van der Waals surface area contributed by atoms with Crippen LogP contribution in [0.25, 0.3) is 0 Å². The van der Waals surface area contributed by atoms with E-state index in [1.54, 1.807) is 18.2 Å². The summed E-state index contributed by atoms with van der Waals surface area (Å²) in [6.45, 7) is 4.59. The average Bonchev–Trinajstić information content (AvgIpc) is 3.14. The van der Waals surface area contributed by atoms with Crippen molar-refractivity contribution in [3.05, 3.63) is 59.7 Å². The Kier molecular flexibility index (Phi) is 6.75. The Labute approximate surface area is 167 Å². The Morgan fingerprint density at radius 2 is 1.89 bits per heavy atom. The highest BCUT2D eigenvalue weighted by Gasteiger charge is 2.31. The van der Waals surface area contributed by atoms with Crippen LogP contribution in [0.1, 0.15) is 31.4 Å². The summed E-state index contributed by atoms with van der Waals surface area (Å²) in [5.74, 6) is 0.639. The Bertz CT molecular complexity index is 881. The van der Waals surface area contributed by atoms with Gasteiger partial charge in [0.2, 0.25) is 0 Å². The molecule has 2 atom stereocenters. The van der Waals surface area contributed by atoms with Crippen LogP contribution >= 0.6 is 0 Å². The second kappa shape index (κ2) is 9.07. The van der Waals surface area contributed by atoms with Crippen LogP contribution in [0.5, 0.6) is 5.75 Å². The van der Waals surface area contributed by atoms with Crippen LogP contribution in [-0.4, -0.2) is 38.2 Å². The van der Waals surface area contributed by atoms with E-state index < -0.39 is 21.3 Å². The fraction of sp³-hybridized carbons (Fsp3) is 0.455. The molecule has 0 aromatic heterocycles. The van der Waals surface area contributed by atoms with Gasteiger partial charge >= 0.3 is 0 Å². The molecule has 0 bridgehead atoms. The normalized spacial score (nSPS) is 15.9. The number of rotatable bonds is 9. The van der Waals surface area contributed by atoms with Gasteiger partial charge in [0.1, 0.15) is 11.1 Å². The first-order valence-electron chi connectivity index (χ1n) is 9.83. The van der Waals surface area contributed by atoms with E-state index >= 15 is 0 Å². The summed E-state index contributed by atoms with van der Waals surface area (Å²) in [5, 5.41) is 12.7. The number of hydrogen-bond donors (Lipinski definition) is 2. The van der Waals surface area contributed by atoms with Crippen LogP contribution in [0.2, 0.25) is 0 Å². The maximum absolute atomic E-state index is 13.2. The second-order valence-corrected chi connectivity index (χ2v) is 9.73. The van der Waals surface area contributed by atoms with Crippen LogP contribution in [-0.2, 0) is 22.7 Å². The van der Waals surface area contributed by atoms with Crippen molar-refractivity contribution in [1.82, 2.24) is 5.32 Å². The maximum Gasteiger partial charge on any atom is 0.194 e. The van der Waals surface area contributed by atoms with Gasteiger partial charge < -0.3 is 9.84 Å². The highest BCUT2D eigenvalue weighted by molar-refractivity contribution is 7.92. The van der Waals surface area contributed by atoms with E-state index in [4.69, 9.17) is 4.74 Å². The smallest absolute Gasteiger partial charge is 0.194 e. The number of hydrogen-bond acceptors (Lipinski definition) is 5. The molecule has 3 rings (SSSR count). The molecule has 28 heavy (non-hydrogen) atoms. The van der Waals surface area contributed by atoms with E-state index in [0.29, 0.717) is 17.9 Å². The van der Waals surface area contributed by atoms with E-state index in [1.807, 2.05) is 44.2 Å². The zero-order valence-electron chi connectivity index (χ0n) is 16.5. The molecule has 1 heterocycles. The van der Waals surface area contributed by atoms with E-state index in [9.17, 15) is 13.5 Å². The van der Waals surface area contributed by atoms with Gasteiger partial charge in [-0.1, -0.05) is 44.2 Å². The largest absolute Gasteiger partial charge is 0.493 e. The van der Waals surface area contributed by atoms with Gasteiger partial charge in [0.15, 0.2) is 9.84 Å². The van der Waals surface area contributed by atoms with E-state index in [1.165, 1.54) is 0 Å². The van der Waals surface area contributed by atoms with Gasteiger partial charge in [0.05, 0.1) is 17.6 Å². The molecule has 0 amide bonds. The Morgan fingerprint density at radius 1 is 1.14 bits per heavy atom. The van der Waals surface area contributed by atoms with Crippen LogP contribution in [0, 0.1) is 5.92 Å². The Hall–Kier alpha value is -1.89. The molecule has 152 valence electrons. The number of fused-ring (bicyclic) bond motifs is 1. The van der Waals surface area contributed by atoms with Crippen LogP contribution in [0.4, 0.5) is 0 Å². The zero-order chi connectivity index (χ0) is 20.1. The molecule has 6 heteroatoms. The first-order valence-corrected chi connectivity index (χ1v) is 11.4. The molecule has 0 saturated heterocycles. The summed E-state index contributed by atoms with van der Waals surface area (Å²) in [6, 6.07) is 15.0. The van der Waals surface area contributed by atoms with E-state index in [2.05, 4.69) is 5.32 Å². The molecule has 2 aromatic carbocycles. The van der Waals surface area contributed by atoms with Gasteiger partial charge in [-0.2, -0.15) is 0 Å². The molecule has 0 saturated carbocycles. The van der Waals surface area contributed by atoms with Crippen molar-refractivity contribution in [2.24, 2.45) is 5.92 Å². The Morgan fingerprint density at radius 3 is 2.61 bits per heavy atom. The van der Waals surface area contributed by atoms with Crippen LogP contribution < -0.4 is 10.1 Å². The van der Waals surface area contributed by atoms with Gasteiger partial charge in [0, 0.05) is 13.0 Å². The Balaban J connectivity index is 1.64. The molecule has 0 aliphatic carbocycles. The summed E-state index contributed by atoms with van der Waals surface area (Å²) < 4.78 is 31.8. The van der Waals surface area contributed by atoms with Gasteiger partial charge in [-0.3, -0.25) is 5.32 Å². The van der Waals surface area contributed by atoms with Crippen molar-refractivity contribution < 1.29 is 18.3 Å². The SMILES string of the molecule is CC(C)[C@@H](NC[C@H](O)CCc1ccccc1)S(=O)(=O)c1ccc2c(c1)CCO2. The van der Waals surface area contributed by atoms with Gasteiger partial charge in [-0.05, 0) is 48.1 Å². The predicted molar refractivity (Wildman–Crippen MR) is 110 cm³/mol.